The van der Waals surface area contributed by atoms with Gasteiger partial charge in [-0.3, -0.25) is 4.79 Å². The zero-order valence-corrected chi connectivity index (χ0v) is 14.4. The molecule has 6 heteroatoms. The first-order chi connectivity index (χ1) is 9.47. The third-order valence-corrected chi connectivity index (χ3v) is 5.97. The molecule has 0 aliphatic carbocycles. The smallest absolute Gasteiger partial charge is 0.231 e. The van der Waals surface area contributed by atoms with Crippen LogP contribution < -0.4 is 4.90 Å². The first-order valence-electron chi connectivity index (χ1n) is 5.95. The lowest BCUT2D eigenvalue weighted by molar-refractivity contribution is -0.117. The third-order valence-electron chi connectivity index (χ3n) is 3.43. The van der Waals surface area contributed by atoms with Gasteiger partial charge < -0.3 is 4.90 Å². The highest BCUT2D eigenvalue weighted by Gasteiger charge is 2.25. The maximum absolute atomic E-state index is 11.7. The molecule has 1 unspecified atom stereocenters. The van der Waals surface area contributed by atoms with Crippen LogP contribution in [0.2, 0.25) is 8.67 Å². The standard InChI is InChI=1S/C14H10BrCl2NOS/c1-18-10-3-2-7(4-8(10)5-12(18)19)13(15)9-6-11(16)20-14(9)17/h2-4,6,13H,5H2,1H3. The van der Waals surface area contributed by atoms with E-state index in [4.69, 9.17) is 23.2 Å². The van der Waals surface area contributed by atoms with Crippen LogP contribution in [0.4, 0.5) is 5.69 Å². The normalized spacial score (nSPS) is 15.6. The van der Waals surface area contributed by atoms with Crippen molar-refractivity contribution < 1.29 is 4.79 Å². The van der Waals surface area contributed by atoms with Crippen molar-refractivity contribution in [3.8, 4) is 0 Å². The monoisotopic (exact) mass is 389 g/mol. The Labute approximate surface area is 139 Å². The van der Waals surface area contributed by atoms with E-state index < -0.39 is 0 Å². The number of fused-ring (bicyclic) bond motifs is 1. The summed E-state index contributed by atoms with van der Waals surface area (Å²) in [5.74, 6) is 0.125. The van der Waals surface area contributed by atoms with Crippen LogP contribution in [0.3, 0.4) is 0 Å². The van der Waals surface area contributed by atoms with Gasteiger partial charge in [0.15, 0.2) is 0 Å². The maximum Gasteiger partial charge on any atom is 0.231 e. The van der Waals surface area contributed by atoms with Gasteiger partial charge in [0.25, 0.3) is 0 Å². The zero-order valence-electron chi connectivity index (χ0n) is 10.5. The van der Waals surface area contributed by atoms with Gasteiger partial charge in [-0.05, 0) is 23.3 Å². The highest BCUT2D eigenvalue weighted by atomic mass is 79.9. The maximum atomic E-state index is 11.7. The summed E-state index contributed by atoms with van der Waals surface area (Å²) in [5.41, 5.74) is 4.06. The Morgan fingerprint density at radius 3 is 2.75 bits per heavy atom. The average molecular weight is 391 g/mol. The lowest BCUT2D eigenvalue weighted by Crippen LogP contribution is -2.20. The lowest BCUT2D eigenvalue weighted by atomic mass is 10.0. The number of carbonyl (C=O) groups is 1. The van der Waals surface area contributed by atoms with Crippen LogP contribution >= 0.6 is 50.5 Å². The van der Waals surface area contributed by atoms with Gasteiger partial charge in [-0.2, -0.15) is 0 Å². The topological polar surface area (TPSA) is 20.3 Å². The lowest BCUT2D eigenvalue weighted by Gasteiger charge is -2.13. The molecule has 1 aliphatic heterocycles. The number of halogens is 3. The van der Waals surface area contributed by atoms with Crippen molar-refractivity contribution in [2.45, 2.75) is 11.2 Å². The molecule has 1 amide bonds. The molecule has 1 aliphatic rings. The van der Waals surface area contributed by atoms with Gasteiger partial charge >= 0.3 is 0 Å². The Kier molecular flexibility index (Phi) is 3.84. The van der Waals surface area contributed by atoms with Crippen molar-refractivity contribution in [3.63, 3.8) is 0 Å². The molecule has 3 rings (SSSR count). The highest BCUT2D eigenvalue weighted by Crippen LogP contribution is 2.42. The molecular formula is C14H10BrCl2NOS. The molecule has 0 fully saturated rings. The zero-order chi connectivity index (χ0) is 14.4. The number of anilines is 1. The van der Waals surface area contributed by atoms with Crippen LogP contribution in [-0.2, 0) is 11.2 Å². The van der Waals surface area contributed by atoms with E-state index >= 15 is 0 Å². The average Bonchev–Trinajstić information content (AvgIpc) is 2.89. The van der Waals surface area contributed by atoms with E-state index in [0.717, 1.165) is 22.4 Å². The molecule has 20 heavy (non-hydrogen) atoms. The second-order valence-electron chi connectivity index (χ2n) is 4.66. The van der Waals surface area contributed by atoms with Gasteiger partial charge in [-0.25, -0.2) is 0 Å². The molecule has 0 N–H and O–H groups in total. The first kappa shape index (κ1) is 14.4. The molecule has 0 saturated carbocycles. The van der Waals surface area contributed by atoms with E-state index in [-0.39, 0.29) is 10.7 Å². The summed E-state index contributed by atoms with van der Waals surface area (Å²) in [7, 11) is 1.80. The minimum absolute atomic E-state index is 0.0231. The number of hydrogen-bond donors (Lipinski definition) is 0. The first-order valence-corrected chi connectivity index (χ1v) is 8.44. The van der Waals surface area contributed by atoms with Crippen molar-refractivity contribution in [1.82, 2.24) is 0 Å². The Morgan fingerprint density at radius 2 is 2.10 bits per heavy atom. The SMILES string of the molecule is CN1C(=O)Cc2cc(C(Br)c3cc(Cl)sc3Cl)ccc21. The van der Waals surface area contributed by atoms with Crippen LogP contribution in [0.25, 0.3) is 0 Å². The van der Waals surface area contributed by atoms with E-state index in [2.05, 4.69) is 22.0 Å². The quantitative estimate of drug-likeness (QED) is 0.656. The van der Waals surface area contributed by atoms with Crippen molar-refractivity contribution in [1.29, 1.82) is 0 Å². The van der Waals surface area contributed by atoms with Crippen LogP contribution in [0.1, 0.15) is 21.5 Å². The second kappa shape index (κ2) is 5.34. The minimum atomic E-state index is -0.0231. The molecule has 104 valence electrons. The molecule has 0 radical (unpaired) electrons. The summed E-state index contributed by atoms with van der Waals surface area (Å²) in [6, 6.07) is 7.91. The molecule has 1 atom stereocenters. The summed E-state index contributed by atoms with van der Waals surface area (Å²) in [4.78, 5) is 13.4. The fraction of sp³-hybridized carbons (Fsp3) is 0.214. The number of benzene rings is 1. The fourth-order valence-electron chi connectivity index (χ4n) is 2.35. The molecule has 1 aromatic heterocycles. The fourth-order valence-corrected chi connectivity index (χ4v) is 4.81. The molecule has 0 saturated heterocycles. The molecule has 2 heterocycles. The minimum Gasteiger partial charge on any atom is -0.315 e. The van der Waals surface area contributed by atoms with Crippen LogP contribution in [-0.4, -0.2) is 13.0 Å². The van der Waals surface area contributed by atoms with E-state index in [1.54, 1.807) is 11.9 Å². The predicted octanol–water partition coefficient (Wildman–Crippen LogP) is 5.06. The van der Waals surface area contributed by atoms with Crippen molar-refractivity contribution in [3.05, 3.63) is 49.6 Å². The third kappa shape index (κ3) is 2.39. The van der Waals surface area contributed by atoms with Gasteiger partial charge in [0.05, 0.1) is 19.9 Å². The molecule has 0 spiro atoms. The van der Waals surface area contributed by atoms with Gasteiger partial charge in [0.1, 0.15) is 0 Å². The van der Waals surface area contributed by atoms with Crippen molar-refractivity contribution in [2.75, 3.05) is 11.9 Å². The summed E-state index contributed by atoms with van der Waals surface area (Å²) < 4.78 is 1.36. The van der Waals surface area contributed by atoms with Crippen LogP contribution in [0, 0.1) is 0 Å². The van der Waals surface area contributed by atoms with Gasteiger partial charge in [-0.15, -0.1) is 11.3 Å². The number of alkyl halides is 1. The largest absolute Gasteiger partial charge is 0.315 e. The Balaban J connectivity index is 1.98. The number of rotatable bonds is 2. The summed E-state index contributed by atoms with van der Waals surface area (Å²) in [5, 5.41) is 0. The van der Waals surface area contributed by atoms with Crippen molar-refractivity contribution >= 4 is 62.1 Å². The Bertz CT molecular complexity index is 700. The number of carbonyl (C=O) groups excluding carboxylic acids is 1. The predicted molar refractivity (Wildman–Crippen MR) is 88.7 cm³/mol. The highest BCUT2D eigenvalue weighted by molar-refractivity contribution is 9.09. The van der Waals surface area contributed by atoms with Crippen LogP contribution in [0.5, 0.6) is 0 Å². The summed E-state index contributed by atoms with van der Waals surface area (Å²) in [6.45, 7) is 0. The summed E-state index contributed by atoms with van der Waals surface area (Å²) >= 11 is 17.2. The molecule has 2 nitrogen and oxygen atoms in total. The Morgan fingerprint density at radius 1 is 1.35 bits per heavy atom. The number of thiophene rings is 1. The van der Waals surface area contributed by atoms with Gasteiger partial charge in [0, 0.05) is 18.3 Å². The van der Waals surface area contributed by atoms with E-state index in [1.165, 1.54) is 11.3 Å². The summed E-state index contributed by atoms with van der Waals surface area (Å²) in [6.07, 6.45) is 0.456. The second-order valence-corrected chi connectivity index (χ2v) is 7.86. The van der Waals surface area contributed by atoms with Gasteiger partial charge in [0.2, 0.25) is 5.91 Å². The molecule has 0 bridgehead atoms. The molecule has 2 aromatic rings. The molecule has 1 aromatic carbocycles. The molecular weight excluding hydrogens is 381 g/mol. The number of amides is 1. The number of likely N-dealkylation sites (N-methyl/N-ethyl adjacent to an activating group) is 1. The van der Waals surface area contributed by atoms with E-state index in [0.29, 0.717) is 15.1 Å². The Hall–Kier alpha value is -0.550. The van der Waals surface area contributed by atoms with E-state index in [1.807, 2.05) is 18.2 Å². The van der Waals surface area contributed by atoms with Gasteiger partial charge in [-0.1, -0.05) is 51.3 Å². The number of nitrogens with zero attached hydrogens (tertiary/aromatic N) is 1. The van der Waals surface area contributed by atoms with Crippen molar-refractivity contribution in [2.24, 2.45) is 0 Å². The van der Waals surface area contributed by atoms with Crippen LogP contribution in [0.15, 0.2) is 24.3 Å². The van der Waals surface area contributed by atoms with E-state index in [9.17, 15) is 4.79 Å². The number of hydrogen-bond acceptors (Lipinski definition) is 2.